The third-order valence-electron chi connectivity index (χ3n) is 2.75. The maximum Gasteiger partial charge on any atom is 0.119 e. The van der Waals surface area contributed by atoms with Crippen molar-refractivity contribution in [2.24, 2.45) is 0 Å². The zero-order valence-electron chi connectivity index (χ0n) is 11.0. The summed E-state index contributed by atoms with van der Waals surface area (Å²) in [5.41, 5.74) is 2.16. The van der Waals surface area contributed by atoms with Crippen LogP contribution in [0.25, 0.3) is 0 Å². The molecule has 1 aromatic carbocycles. The second-order valence-electron chi connectivity index (χ2n) is 4.38. The van der Waals surface area contributed by atoms with Crippen molar-refractivity contribution < 1.29 is 4.74 Å². The summed E-state index contributed by atoms with van der Waals surface area (Å²) in [5, 5.41) is 3.98. The van der Waals surface area contributed by atoms with Gasteiger partial charge in [-0.15, -0.1) is 0 Å². The highest BCUT2D eigenvalue weighted by Crippen LogP contribution is 2.25. The molecule has 1 rings (SSSR count). The monoisotopic (exact) mass is 255 g/mol. The van der Waals surface area contributed by atoms with Crippen LogP contribution in [0.4, 0.5) is 0 Å². The maximum absolute atomic E-state index is 6.11. The molecule has 0 aliphatic heterocycles. The van der Waals surface area contributed by atoms with Crippen LogP contribution in [0.5, 0.6) is 5.75 Å². The summed E-state index contributed by atoms with van der Waals surface area (Å²) < 4.78 is 5.72. The number of unbranched alkanes of at least 4 members (excludes halogenated alkanes) is 2. The fourth-order valence-corrected chi connectivity index (χ4v) is 1.87. The molecule has 0 spiro atoms. The predicted molar refractivity (Wildman–Crippen MR) is 74.2 cm³/mol. The molecular formula is C14H22ClNO. The van der Waals surface area contributed by atoms with E-state index in [9.17, 15) is 0 Å². The molecule has 0 aromatic heterocycles. The summed E-state index contributed by atoms with van der Waals surface area (Å²) >= 11 is 6.11. The average molecular weight is 256 g/mol. The molecule has 96 valence electrons. The lowest BCUT2D eigenvalue weighted by molar-refractivity contribution is 0.305. The highest BCUT2D eigenvalue weighted by atomic mass is 35.5. The third-order valence-corrected chi connectivity index (χ3v) is 3.35. The summed E-state index contributed by atoms with van der Waals surface area (Å²) in [6.07, 6.45) is 3.51. The van der Waals surface area contributed by atoms with Gasteiger partial charge in [0.05, 0.1) is 6.61 Å². The number of nitrogens with one attached hydrogen (secondary N) is 1. The number of rotatable bonds is 7. The largest absolute Gasteiger partial charge is 0.494 e. The molecule has 0 amide bonds. The van der Waals surface area contributed by atoms with Gasteiger partial charge in [0.1, 0.15) is 5.75 Å². The summed E-state index contributed by atoms with van der Waals surface area (Å²) in [6, 6.07) is 4.01. The number of benzene rings is 1. The average Bonchev–Trinajstić information content (AvgIpc) is 2.30. The van der Waals surface area contributed by atoms with Crippen molar-refractivity contribution in [2.75, 3.05) is 20.2 Å². The van der Waals surface area contributed by atoms with Gasteiger partial charge in [0, 0.05) is 5.02 Å². The molecule has 0 aliphatic carbocycles. The van der Waals surface area contributed by atoms with Crippen LogP contribution in [0, 0.1) is 13.8 Å². The van der Waals surface area contributed by atoms with Crippen LogP contribution in [0.2, 0.25) is 5.02 Å². The normalized spacial score (nSPS) is 10.6. The Bertz CT molecular complexity index is 329. The zero-order chi connectivity index (χ0) is 12.7. The Morgan fingerprint density at radius 2 is 1.76 bits per heavy atom. The fourth-order valence-electron chi connectivity index (χ4n) is 1.76. The van der Waals surface area contributed by atoms with Gasteiger partial charge >= 0.3 is 0 Å². The first-order chi connectivity index (χ1) is 8.15. The van der Waals surface area contributed by atoms with Crippen LogP contribution in [0.1, 0.15) is 30.4 Å². The third kappa shape index (κ3) is 4.97. The van der Waals surface area contributed by atoms with E-state index in [1.54, 1.807) is 0 Å². The lowest BCUT2D eigenvalue weighted by atomic mass is 10.1. The van der Waals surface area contributed by atoms with E-state index in [4.69, 9.17) is 16.3 Å². The van der Waals surface area contributed by atoms with Gasteiger partial charge in [-0.3, -0.25) is 0 Å². The summed E-state index contributed by atoms with van der Waals surface area (Å²) in [7, 11) is 1.98. The van der Waals surface area contributed by atoms with Gasteiger partial charge in [-0.2, -0.15) is 0 Å². The van der Waals surface area contributed by atoms with E-state index in [1.807, 2.05) is 33.0 Å². The molecule has 0 saturated heterocycles. The molecular weight excluding hydrogens is 234 g/mol. The topological polar surface area (TPSA) is 21.3 Å². The van der Waals surface area contributed by atoms with Crippen molar-refractivity contribution >= 4 is 11.6 Å². The van der Waals surface area contributed by atoms with E-state index >= 15 is 0 Å². The summed E-state index contributed by atoms with van der Waals surface area (Å²) in [5.74, 6) is 0.929. The standard InChI is InChI=1S/C14H22ClNO/c1-11-9-13(10-12(2)14(11)15)17-8-6-4-5-7-16-3/h9-10,16H,4-8H2,1-3H3. The molecule has 0 atom stereocenters. The number of hydrogen-bond donors (Lipinski definition) is 1. The molecule has 1 N–H and O–H groups in total. The lowest BCUT2D eigenvalue weighted by Gasteiger charge is -2.09. The first-order valence-electron chi connectivity index (χ1n) is 6.19. The molecule has 0 fully saturated rings. The van der Waals surface area contributed by atoms with Crippen molar-refractivity contribution in [1.82, 2.24) is 5.32 Å². The van der Waals surface area contributed by atoms with Gasteiger partial charge in [-0.25, -0.2) is 0 Å². The van der Waals surface area contributed by atoms with Gasteiger partial charge in [-0.1, -0.05) is 11.6 Å². The minimum absolute atomic E-state index is 0.782. The Labute approximate surface area is 109 Å². The highest BCUT2D eigenvalue weighted by Gasteiger charge is 2.03. The molecule has 0 unspecified atom stereocenters. The second kappa shape index (κ2) is 7.57. The van der Waals surface area contributed by atoms with E-state index in [-0.39, 0.29) is 0 Å². The number of hydrogen-bond acceptors (Lipinski definition) is 2. The SMILES string of the molecule is CNCCCCCOc1cc(C)c(Cl)c(C)c1. The van der Waals surface area contributed by atoms with Crippen LogP contribution < -0.4 is 10.1 Å². The fraction of sp³-hybridized carbons (Fsp3) is 0.571. The second-order valence-corrected chi connectivity index (χ2v) is 4.76. The van der Waals surface area contributed by atoms with Gasteiger partial charge < -0.3 is 10.1 Å². The molecule has 0 bridgehead atoms. The number of halogens is 1. The molecule has 3 heteroatoms. The lowest BCUT2D eigenvalue weighted by Crippen LogP contribution is -2.08. The van der Waals surface area contributed by atoms with Crippen molar-refractivity contribution in [3.63, 3.8) is 0 Å². The smallest absolute Gasteiger partial charge is 0.119 e. The molecule has 0 saturated carbocycles. The first kappa shape index (κ1) is 14.3. The molecule has 2 nitrogen and oxygen atoms in total. The zero-order valence-corrected chi connectivity index (χ0v) is 11.7. The van der Waals surface area contributed by atoms with Crippen LogP contribution in [-0.2, 0) is 0 Å². The molecule has 0 radical (unpaired) electrons. The van der Waals surface area contributed by atoms with Gasteiger partial charge in [0.15, 0.2) is 0 Å². The van der Waals surface area contributed by atoms with Crippen LogP contribution >= 0.6 is 11.6 Å². The summed E-state index contributed by atoms with van der Waals surface area (Å²) in [4.78, 5) is 0. The minimum atomic E-state index is 0.782. The van der Waals surface area contributed by atoms with E-state index in [0.717, 1.165) is 41.5 Å². The molecule has 17 heavy (non-hydrogen) atoms. The Hall–Kier alpha value is -0.730. The van der Waals surface area contributed by atoms with Crippen LogP contribution in [-0.4, -0.2) is 20.2 Å². The Kier molecular flexibility index (Phi) is 6.38. The van der Waals surface area contributed by atoms with E-state index in [1.165, 1.54) is 12.8 Å². The van der Waals surface area contributed by atoms with Crippen molar-refractivity contribution in [3.05, 3.63) is 28.3 Å². The van der Waals surface area contributed by atoms with Crippen molar-refractivity contribution in [2.45, 2.75) is 33.1 Å². The number of aryl methyl sites for hydroxylation is 2. The Morgan fingerprint density at radius 1 is 1.12 bits per heavy atom. The van der Waals surface area contributed by atoms with Gasteiger partial charge in [-0.05, 0) is 70.0 Å². The first-order valence-corrected chi connectivity index (χ1v) is 6.57. The molecule has 0 heterocycles. The quantitative estimate of drug-likeness (QED) is 0.750. The molecule has 1 aromatic rings. The molecule has 0 aliphatic rings. The number of ether oxygens (including phenoxy) is 1. The highest BCUT2D eigenvalue weighted by molar-refractivity contribution is 6.32. The van der Waals surface area contributed by atoms with Crippen molar-refractivity contribution in [1.29, 1.82) is 0 Å². The Balaban J connectivity index is 2.32. The maximum atomic E-state index is 6.11. The van der Waals surface area contributed by atoms with E-state index < -0.39 is 0 Å². The van der Waals surface area contributed by atoms with Gasteiger partial charge in [0.25, 0.3) is 0 Å². The Morgan fingerprint density at radius 3 is 2.35 bits per heavy atom. The van der Waals surface area contributed by atoms with Crippen molar-refractivity contribution in [3.8, 4) is 5.75 Å². The van der Waals surface area contributed by atoms with Crippen LogP contribution in [0.3, 0.4) is 0 Å². The minimum Gasteiger partial charge on any atom is -0.494 e. The van der Waals surface area contributed by atoms with E-state index in [0.29, 0.717) is 0 Å². The van der Waals surface area contributed by atoms with Crippen LogP contribution in [0.15, 0.2) is 12.1 Å². The van der Waals surface area contributed by atoms with E-state index in [2.05, 4.69) is 5.32 Å². The predicted octanol–water partition coefficient (Wildman–Crippen LogP) is 3.73. The summed E-state index contributed by atoms with van der Waals surface area (Å²) in [6.45, 7) is 5.88. The van der Waals surface area contributed by atoms with Gasteiger partial charge in [0.2, 0.25) is 0 Å².